The number of likely N-dealkylation sites (N-methyl/N-ethyl adjacent to an activating group) is 1. The lowest BCUT2D eigenvalue weighted by molar-refractivity contribution is 0.498. The van der Waals surface area contributed by atoms with Crippen molar-refractivity contribution in [3.8, 4) is 0 Å². The molecule has 2 nitrogen and oxygen atoms in total. The van der Waals surface area contributed by atoms with Gasteiger partial charge in [0.05, 0.1) is 0 Å². The summed E-state index contributed by atoms with van der Waals surface area (Å²) in [6.07, 6.45) is 2.20. The fourth-order valence-electron chi connectivity index (χ4n) is 2.06. The average molecular weight is 341 g/mol. The fraction of sp³-hybridized carbons (Fsp3) is 0.267. The van der Waals surface area contributed by atoms with E-state index >= 15 is 0 Å². The summed E-state index contributed by atoms with van der Waals surface area (Å²) in [7, 11) is 0. The summed E-state index contributed by atoms with van der Waals surface area (Å²) in [6, 6.07) is 6.97. The smallest absolute Gasteiger partial charge is 0.128 e. The third-order valence-corrected chi connectivity index (χ3v) is 3.45. The molecule has 1 aromatic heterocycles. The van der Waals surface area contributed by atoms with Crippen LogP contribution in [0.1, 0.15) is 24.2 Å². The number of halogens is 3. The lowest BCUT2D eigenvalue weighted by atomic mass is 10.0. The molecule has 5 heteroatoms. The molecule has 1 aromatic carbocycles. The molecule has 0 aliphatic carbocycles. The van der Waals surface area contributed by atoms with E-state index in [0.29, 0.717) is 18.5 Å². The molecule has 0 aliphatic heterocycles. The second-order valence-corrected chi connectivity index (χ2v) is 5.36. The molecule has 0 bridgehead atoms. The van der Waals surface area contributed by atoms with Crippen molar-refractivity contribution in [2.45, 2.75) is 19.4 Å². The van der Waals surface area contributed by atoms with Crippen molar-refractivity contribution in [2.24, 2.45) is 0 Å². The highest BCUT2D eigenvalue weighted by Gasteiger charge is 2.17. The Kier molecular flexibility index (Phi) is 5.20. The first-order chi connectivity index (χ1) is 9.60. The first-order valence-corrected chi connectivity index (χ1v) is 7.18. The number of nitrogens with one attached hydrogen (secondary N) is 1. The van der Waals surface area contributed by atoms with Gasteiger partial charge in [-0.1, -0.05) is 6.92 Å². The van der Waals surface area contributed by atoms with Crippen LogP contribution in [0.15, 0.2) is 41.0 Å². The minimum absolute atomic E-state index is 0.302. The Bertz CT molecular complexity index is 573. The number of pyridine rings is 1. The highest BCUT2D eigenvalue weighted by molar-refractivity contribution is 9.10. The van der Waals surface area contributed by atoms with Gasteiger partial charge in [0.25, 0.3) is 0 Å². The van der Waals surface area contributed by atoms with E-state index in [1.807, 2.05) is 19.1 Å². The maximum Gasteiger partial charge on any atom is 0.128 e. The van der Waals surface area contributed by atoms with E-state index in [0.717, 1.165) is 22.3 Å². The largest absolute Gasteiger partial charge is 0.310 e. The van der Waals surface area contributed by atoms with E-state index in [-0.39, 0.29) is 6.04 Å². The summed E-state index contributed by atoms with van der Waals surface area (Å²) in [6.45, 7) is 2.59. The van der Waals surface area contributed by atoms with Crippen molar-refractivity contribution in [1.82, 2.24) is 10.3 Å². The van der Waals surface area contributed by atoms with Gasteiger partial charge in [0.2, 0.25) is 0 Å². The van der Waals surface area contributed by atoms with E-state index in [1.54, 1.807) is 6.20 Å². The third-order valence-electron chi connectivity index (χ3n) is 2.99. The van der Waals surface area contributed by atoms with Crippen molar-refractivity contribution in [1.29, 1.82) is 0 Å². The molecule has 0 fully saturated rings. The van der Waals surface area contributed by atoms with Crippen LogP contribution >= 0.6 is 15.9 Å². The van der Waals surface area contributed by atoms with Gasteiger partial charge in [-0.2, -0.15) is 0 Å². The Morgan fingerprint density at radius 3 is 2.70 bits per heavy atom. The predicted molar refractivity (Wildman–Crippen MR) is 78.4 cm³/mol. The van der Waals surface area contributed by atoms with E-state index in [1.165, 1.54) is 6.07 Å². The second-order valence-electron chi connectivity index (χ2n) is 4.45. The van der Waals surface area contributed by atoms with Gasteiger partial charge in [-0.25, -0.2) is 8.78 Å². The topological polar surface area (TPSA) is 24.9 Å². The summed E-state index contributed by atoms with van der Waals surface area (Å²) < 4.78 is 28.1. The molecule has 0 aliphatic rings. The van der Waals surface area contributed by atoms with Gasteiger partial charge in [0, 0.05) is 34.4 Å². The molecule has 1 heterocycles. The molecule has 20 heavy (non-hydrogen) atoms. The minimum atomic E-state index is -0.437. The van der Waals surface area contributed by atoms with Crippen LogP contribution in [0.4, 0.5) is 8.78 Å². The molecule has 0 radical (unpaired) electrons. The average Bonchev–Trinajstić information content (AvgIpc) is 2.43. The first-order valence-electron chi connectivity index (χ1n) is 6.39. The molecule has 1 N–H and O–H groups in total. The van der Waals surface area contributed by atoms with Gasteiger partial charge in [-0.15, -0.1) is 0 Å². The van der Waals surface area contributed by atoms with Crippen molar-refractivity contribution >= 4 is 15.9 Å². The number of nitrogens with zero attached hydrogens (tertiary/aromatic N) is 1. The standard InChI is InChI=1S/C15H15BrF2N2/c1-2-19-15(8-12-5-3-10(16)9-20-12)13-7-11(17)4-6-14(13)18/h3-7,9,15,19H,2,8H2,1H3. The van der Waals surface area contributed by atoms with E-state index < -0.39 is 11.6 Å². The maximum absolute atomic E-state index is 13.9. The Morgan fingerprint density at radius 2 is 2.05 bits per heavy atom. The van der Waals surface area contributed by atoms with Crippen molar-refractivity contribution in [3.63, 3.8) is 0 Å². The Balaban J connectivity index is 2.26. The molecule has 0 spiro atoms. The van der Waals surface area contributed by atoms with Gasteiger partial charge < -0.3 is 5.32 Å². The molecule has 2 rings (SSSR count). The molecule has 106 valence electrons. The van der Waals surface area contributed by atoms with Gasteiger partial charge in [0.1, 0.15) is 11.6 Å². The van der Waals surface area contributed by atoms with E-state index in [4.69, 9.17) is 0 Å². The highest BCUT2D eigenvalue weighted by atomic mass is 79.9. The van der Waals surface area contributed by atoms with Gasteiger partial charge >= 0.3 is 0 Å². The molecule has 0 amide bonds. The lowest BCUT2D eigenvalue weighted by Crippen LogP contribution is -2.24. The monoisotopic (exact) mass is 340 g/mol. The normalized spacial score (nSPS) is 12.4. The zero-order valence-corrected chi connectivity index (χ0v) is 12.6. The number of hydrogen-bond acceptors (Lipinski definition) is 2. The summed E-state index contributed by atoms with van der Waals surface area (Å²) in [5.41, 5.74) is 1.15. The predicted octanol–water partition coefficient (Wildman–Crippen LogP) is 4.02. The van der Waals surface area contributed by atoms with Crippen LogP contribution in [0.5, 0.6) is 0 Å². The Labute approximate surface area is 125 Å². The number of aromatic nitrogens is 1. The van der Waals surface area contributed by atoms with E-state index in [2.05, 4.69) is 26.2 Å². The molecule has 2 aromatic rings. The zero-order valence-electron chi connectivity index (χ0n) is 11.0. The SMILES string of the molecule is CCNC(Cc1ccc(Br)cn1)c1cc(F)ccc1F. The molecular formula is C15H15BrF2N2. The van der Waals surface area contributed by atoms with Gasteiger partial charge in [-0.3, -0.25) is 4.98 Å². The number of benzene rings is 1. The number of hydrogen-bond donors (Lipinski definition) is 1. The Morgan fingerprint density at radius 1 is 1.25 bits per heavy atom. The summed E-state index contributed by atoms with van der Waals surface area (Å²) >= 11 is 3.32. The van der Waals surface area contributed by atoms with E-state index in [9.17, 15) is 8.78 Å². The maximum atomic E-state index is 13.9. The summed E-state index contributed by atoms with van der Waals surface area (Å²) in [5.74, 6) is -0.845. The highest BCUT2D eigenvalue weighted by Crippen LogP contribution is 2.22. The van der Waals surface area contributed by atoms with Crippen molar-refractivity contribution < 1.29 is 8.78 Å². The molecular weight excluding hydrogens is 326 g/mol. The molecule has 0 saturated carbocycles. The van der Waals surface area contributed by atoms with Crippen molar-refractivity contribution in [3.05, 3.63) is 63.9 Å². The zero-order chi connectivity index (χ0) is 14.5. The first kappa shape index (κ1) is 15.1. The third kappa shape index (κ3) is 3.84. The van der Waals surface area contributed by atoms with Crippen LogP contribution in [-0.2, 0) is 6.42 Å². The second kappa shape index (κ2) is 6.90. The van der Waals surface area contributed by atoms with Crippen LogP contribution in [0.25, 0.3) is 0 Å². The van der Waals surface area contributed by atoms with Gasteiger partial charge in [-0.05, 0) is 52.8 Å². The molecule has 1 unspecified atom stereocenters. The van der Waals surface area contributed by atoms with Crippen LogP contribution in [0.2, 0.25) is 0 Å². The van der Waals surface area contributed by atoms with Crippen LogP contribution in [0.3, 0.4) is 0 Å². The quantitative estimate of drug-likeness (QED) is 0.889. The number of rotatable bonds is 5. The van der Waals surface area contributed by atoms with Crippen LogP contribution in [0, 0.1) is 11.6 Å². The van der Waals surface area contributed by atoms with Crippen molar-refractivity contribution in [2.75, 3.05) is 6.54 Å². The summed E-state index contributed by atoms with van der Waals surface area (Å²) in [5, 5.41) is 3.17. The lowest BCUT2D eigenvalue weighted by Gasteiger charge is -2.18. The van der Waals surface area contributed by atoms with Crippen LogP contribution in [-0.4, -0.2) is 11.5 Å². The summed E-state index contributed by atoms with van der Waals surface area (Å²) in [4.78, 5) is 4.27. The molecule has 1 atom stereocenters. The Hall–Kier alpha value is -1.33. The minimum Gasteiger partial charge on any atom is -0.310 e. The van der Waals surface area contributed by atoms with Gasteiger partial charge in [0.15, 0.2) is 0 Å². The van der Waals surface area contributed by atoms with Crippen LogP contribution < -0.4 is 5.32 Å². The molecule has 0 saturated heterocycles. The fourth-order valence-corrected chi connectivity index (χ4v) is 2.29.